The second kappa shape index (κ2) is 7.51. The summed E-state index contributed by atoms with van der Waals surface area (Å²) in [7, 11) is 0. The number of aromatic amines is 1. The van der Waals surface area contributed by atoms with Crippen LogP contribution in [0.15, 0.2) is 23.1 Å². The molecule has 2 rings (SSSR count). The van der Waals surface area contributed by atoms with Crippen LogP contribution in [0, 0.1) is 5.92 Å². The van der Waals surface area contributed by atoms with Gasteiger partial charge in [0, 0.05) is 37.8 Å². The summed E-state index contributed by atoms with van der Waals surface area (Å²) in [5.41, 5.74) is 0.163. The number of likely N-dealkylation sites (tertiary alicyclic amines) is 1. The quantitative estimate of drug-likeness (QED) is 0.878. The zero-order chi connectivity index (χ0) is 17.7. The number of aromatic nitrogens is 1. The van der Waals surface area contributed by atoms with Gasteiger partial charge in [-0.25, -0.2) is 4.79 Å². The first-order valence-electron chi connectivity index (χ1n) is 8.18. The molecule has 132 valence electrons. The molecule has 0 unspecified atom stereocenters. The fraction of sp³-hybridized carbons (Fsp3) is 0.588. The molecule has 0 aromatic carbocycles. The van der Waals surface area contributed by atoms with E-state index in [2.05, 4.69) is 10.3 Å². The monoisotopic (exact) mass is 335 g/mol. The molecule has 0 radical (unpaired) electrons. The van der Waals surface area contributed by atoms with Crippen LogP contribution in [0.4, 0.5) is 4.79 Å². The van der Waals surface area contributed by atoms with Crippen LogP contribution in [0.5, 0.6) is 0 Å². The minimum Gasteiger partial charge on any atom is -0.444 e. The van der Waals surface area contributed by atoms with Crippen LogP contribution in [0.3, 0.4) is 0 Å². The van der Waals surface area contributed by atoms with E-state index in [1.165, 1.54) is 6.07 Å². The molecule has 7 nitrogen and oxygen atoms in total. The van der Waals surface area contributed by atoms with Crippen LogP contribution >= 0.6 is 0 Å². The highest BCUT2D eigenvalue weighted by molar-refractivity contribution is 5.79. The number of carbonyl (C=O) groups is 2. The first-order valence-corrected chi connectivity index (χ1v) is 8.18. The number of hydrogen-bond acceptors (Lipinski definition) is 4. The molecular formula is C17H25N3O4. The van der Waals surface area contributed by atoms with Crippen LogP contribution in [-0.2, 0) is 16.1 Å². The van der Waals surface area contributed by atoms with Crippen molar-refractivity contribution in [3.8, 4) is 0 Å². The molecular weight excluding hydrogens is 310 g/mol. The van der Waals surface area contributed by atoms with Crippen molar-refractivity contribution in [2.24, 2.45) is 5.92 Å². The molecule has 2 heterocycles. The predicted molar refractivity (Wildman–Crippen MR) is 89.4 cm³/mol. The van der Waals surface area contributed by atoms with Crippen molar-refractivity contribution >= 4 is 12.0 Å². The van der Waals surface area contributed by atoms with Crippen LogP contribution in [0.25, 0.3) is 0 Å². The van der Waals surface area contributed by atoms with E-state index in [-0.39, 0.29) is 23.5 Å². The van der Waals surface area contributed by atoms with Crippen LogP contribution in [-0.4, -0.2) is 40.6 Å². The maximum Gasteiger partial charge on any atom is 0.410 e. The molecule has 1 aliphatic rings. The number of amides is 2. The van der Waals surface area contributed by atoms with E-state index >= 15 is 0 Å². The minimum atomic E-state index is -0.512. The van der Waals surface area contributed by atoms with Crippen molar-refractivity contribution in [1.29, 1.82) is 0 Å². The number of ether oxygens (including phenoxy) is 1. The third-order valence-corrected chi connectivity index (χ3v) is 3.83. The molecule has 0 atom stereocenters. The Bertz CT molecular complexity index is 619. The summed E-state index contributed by atoms with van der Waals surface area (Å²) in [6.45, 7) is 6.92. The van der Waals surface area contributed by atoms with E-state index < -0.39 is 5.60 Å². The number of H-pyrrole nitrogens is 1. The summed E-state index contributed by atoms with van der Waals surface area (Å²) < 4.78 is 5.35. The second-order valence-electron chi connectivity index (χ2n) is 7.02. The van der Waals surface area contributed by atoms with Crippen molar-refractivity contribution in [3.05, 3.63) is 34.2 Å². The molecule has 1 fully saturated rings. The highest BCUT2D eigenvalue weighted by atomic mass is 16.6. The number of piperidine rings is 1. The maximum atomic E-state index is 12.2. The fourth-order valence-electron chi connectivity index (χ4n) is 2.54. The predicted octanol–water partition coefficient (Wildman–Crippen LogP) is 1.64. The molecule has 2 N–H and O–H groups in total. The molecule has 0 saturated carbocycles. The van der Waals surface area contributed by atoms with Crippen LogP contribution in [0.2, 0.25) is 0 Å². The molecule has 24 heavy (non-hydrogen) atoms. The topological polar surface area (TPSA) is 91.5 Å². The van der Waals surface area contributed by atoms with E-state index in [1.807, 2.05) is 20.8 Å². The molecule has 7 heteroatoms. The SMILES string of the molecule is CC(C)(C)OC(=O)N1CCC(C(=O)NCc2ccc(=O)[nH]c2)CC1. The Morgan fingerprint density at radius 1 is 1.29 bits per heavy atom. The van der Waals surface area contributed by atoms with Crippen molar-refractivity contribution in [2.45, 2.75) is 45.8 Å². The molecule has 0 spiro atoms. The Balaban J connectivity index is 1.77. The van der Waals surface area contributed by atoms with Gasteiger partial charge in [-0.3, -0.25) is 9.59 Å². The Morgan fingerprint density at radius 2 is 1.96 bits per heavy atom. The van der Waals surface area contributed by atoms with Gasteiger partial charge in [0.05, 0.1) is 0 Å². The number of pyridine rings is 1. The van der Waals surface area contributed by atoms with Gasteiger partial charge in [-0.05, 0) is 39.2 Å². The molecule has 1 aromatic heterocycles. The Labute approximate surface area is 141 Å². The molecule has 1 aromatic rings. The van der Waals surface area contributed by atoms with Crippen LogP contribution in [0.1, 0.15) is 39.2 Å². The van der Waals surface area contributed by atoms with Gasteiger partial charge < -0.3 is 19.9 Å². The zero-order valence-electron chi connectivity index (χ0n) is 14.4. The highest BCUT2D eigenvalue weighted by Gasteiger charge is 2.29. The summed E-state index contributed by atoms with van der Waals surface area (Å²) in [6, 6.07) is 3.12. The molecule has 1 aliphatic heterocycles. The normalized spacial score (nSPS) is 15.9. The fourth-order valence-corrected chi connectivity index (χ4v) is 2.54. The van der Waals surface area contributed by atoms with E-state index in [1.54, 1.807) is 17.2 Å². The smallest absolute Gasteiger partial charge is 0.410 e. The van der Waals surface area contributed by atoms with Crippen molar-refractivity contribution < 1.29 is 14.3 Å². The van der Waals surface area contributed by atoms with E-state index in [9.17, 15) is 14.4 Å². The Morgan fingerprint density at radius 3 is 2.50 bits per heavy atom. The van der Waals surface area contributed by atoms with Gasteiger partial charge in [-0.15, -0.1) is 0 Å². The number of rotatable bonds is 3. The summed E-state index contributed by atoms with van der Waals surface area (Å²) in [5.74, 6) is -0.128. The lowest BCUT2D eigenvalue weighted by molar-refractivity contribution is -0.126. The molecule has 0 aliphatic carbocycles. The standard InChI is InChI=1S/C17H25N3O4/c1-17(2,3)24-16(23)20-8-6-13(7-9-20)15(22)19-11-12-4-5-14(21)18-10-12/h4-5,10,13H,6-9,11H2,1-3H3,(H,18,21)(H,19,22). The van der Waals surface area contributed by atoms with E-state index in [4.69, 9.17) is 4.74 Å². The van der Waals surface area contributed by atoms with Crippen molar-refractivity contribution in [2.75, 3.05) is 13.1 Å². The summed E-state index contributed by atoms with van der Waals surface area (Å²) in [5, 5.41) is 2.87. The molecule has 1 saturated heterocycles. The summed E-state index contributed by atoms with van der Waals surface area (Å²) in [4.78, 5) is 39.4. The zero-order valence-corrected chi connectivity index (χ0v) is 14.4. The number of nitrogens with zero attached hydrogens (tertiary/aromatic N) is 1. The first kappa shape index (κ1) is 18.0. The van der Waals surface area contributed by atoms with Gasteiger partial charge in [0.2, 0.25) is 11.5 Å². The lowest BCUT2D eigenvalue weighted by Gasteiger charge is -2.32. The number of hydrogen-bond donors (Lipinski definition) is 2. The van der Waals surface area contributed by atoms with E-state index in [0.29, 0.717) is 32.5 Å². The van der Waals surface area contributed by atoms with Crippen LogP contribution < -0.4 is 10.9 Å². The Hall–Kier alpha value is -2.31. The second-order valence-corrected chi connectivity index (χ2v) is 7.02. The average Bonchev–Trinajstić information content (AvgIpc) is 2.52. The van der Waals surface area contributed by atoms with Gasteiger partial charge in [-0.2, -0.15) is 0 Å². The lowest BCUT2D eigenvalue weighted by atomic mass is 9.96. The average molecular weight is 335 g/mol. The van der Waals surface area contributed by atoms with Crippen molar-refractivity contribution in [3.63, 3.8) is 0 Å². The number of nitrogens with one attached hydrogen (secondary N) is 2. The summed E-state index contributed by atoms with van der Waals surface area (Å²) >= 11 is 0. The Kier molecular flexibility index (Phi) is 5.64. The summed E-state index contributed by atoms with van der Waals surface area (Å²) in [6.07, 6.45) is 2.51. The third-order valence-electron chi connectivity index (χ3n) is 3.83. The maximum absolute atomic E-state index is 12.2. The van der Waals surface area contributed by atoms with Gasteiger partial charge in [0.15, 0.2) is 0 Å². The minimum absolute atomic E-state index is 0.0231. The van der Waals surface area contributed by atoms with Gasteiger partial charge >= 0.3 is 6.09 Å². The van der Waals surface area contributed by atoms with E-state index in [0.717, 1.165) is 5.56 Å². The van der Waals surface area contributed by atoms with Crippen molar-refractivity contribution in [1.82, 2.24) is 15.2 Å². The largest absolute Gasteiger partial charge is 0.444 e. The molecule has 2 amide bonds. The molecule has 0 bridgehead atoms. The first-order chi connectivity index (χ1) is 11.2. The lowest BCUT2D eigenvalue weighted by Crippen LogP contribution is -2.44. The highest BCUT2D eigenvalue weighted by Crippen LogP contribution is 2.20. The van der Waals surface area contributed by atoms with Gasteiger partial charge in [0.25, 0.3) is 0 Å². The van der Waals surface area contributed by atoms with Gasteiger partial charge in [-0.1, -0.05) is 6.07 Å². The number of carbonyl (C=O) groups excluding carboxylic acids is 2. The van der Waals surface area contributed by atoms with Gasteiger partial charge in [0.1, 0.15) is 5.60 Å². The third kappa shape index (κ3) is 5.40.